The van der Waals surface area contributed by atoms with E-state index in [0.29, 0.717) is 101 Å². The van der Waals surface area contributed by atoms with Crippen molar-refractivity contribution in [3.63, 3.8) is 0 Å². The van der Waals surface area contributed by atoms with E-state index < -0.39 is 18.9 Å². The molecule has 10 bridgehead atoms. The molecule has 6 fully saturated rings. The average molecular weight is 1250 g/mol. The number of fused-ring (bicyclic) bond motifs is 2. The number of guanidine groups is 1. The maximum absolute atomic E-state index is 14.8. The van der Waals surface area contributed by atoms with Gasteiger partial charge in [0.25, 0.3) is 0 Å². The summed E-state index contributed by atoms with van der Waals surface area (Å²) in [6.07, 6.45) is 25.3. The van der Waals surface area contributed by atoms with E-state index in [1.165, 1.54) is 48.3 Å². The van der Waals surface area contributed by atoms with Crippen molar-refractivity contribution in [1.82, 2.24) is 26.6 Å². The van der Waals surface area contributed by atoms with E-state index in [9.17, 15) is 24.9 Å². The van der Waals surface area contributed by atoms with Crippen molar-refractivity contribution in [2.75, 3.05) is 45.0 Å². The van der Waals surface area contributed by atoms with Crippen molar-refractivity contribution in [2.45, 2.75) is 159 Å². The zero-order valence-electron chi connectivity index (χ0n) is 52.3. The molecule has 1 saturated heterocycles. The molecule has 16 rings (SSSR count). The topological polar surface area (TPSA) is 229 Å². The summed E-state index contributed by atoms with van der Waals surface area (Å²) < 4.78 is 5.68. The molecule has 476 valence electrons. The summed E-state index contributed by atoms with van der Waals surface area (Å²) in [5, 5.41) is 53.8. The van der Waals surface area contributed by atoms with Gasteiger partial charge in [0.15, 0.2) is 23.2 Å². The van der Waals surface area contributed by atoms with Crippen LogP contribution < -0.4 is 42.8 Å². The van der Waals surface area contributed by atoms with Crippen molar-refractivity contribution < 1.29 is 29.6 Å². The second-order valence-electron chi connectivity index (χ2n) is 28.5. The van der Waals surface area contributed by atoms with Gasteiger partial charge in [-0.3, -0.25) is 9.59 Å². The lowest BCUT2D eigenvalue weighted by atomic mass is 9.50. The second kappa shape index (κ2) is 27.2. The number of nitrogens with two attached hydrogens (primary N) is 2. The number of dihydropyridines is 1. The summed E-state index contributed by atoms with van der Waals surface area (Å²) >= 11 is 0. The third-order valence-corrected chi connectivity index (χ3v) is 25.4. The number of carbonyl (C=O) groups is 2. The number of nitrogens with one attached hydrogen (secondary N) is 5. The Hall–Kier alpha value is -5.17. The molecule has 89 heavy (non-hydrogen) atoms. The molecule has 1 spiro atoms. The van der Waals surface area contributed by atoms with Gasteiger partial charge in [-0.1, -0.05) is 100.0 Å². The fraction of sp³-hybridized carbons (Fsp3) is 0.575. The number of phenols is 1. The highest BCUT2D eigenvalue weighted by molar-refractivity contribution is 8.76. The molecule has 8 heterocycles. The van der Waals surface area contributed by atoms with Crippen LogP contribution in [0.4, 0.5) is 0 Å². The fourth-order valence-corrected chi connectivity index (χ4v) is 21.9. The number of aromatic hydroxyl groups is 1. The molecule has 5 aliphatic carbocycles. The van der Waals surface area contributed by atoms with E-state index in [-0.39, 0.29) is 64.4 Å². The third kappa shape index (κ3) is 13.0. The highest BCUT2D eigenvalue weighted by Gasteiger charge is 2.70. The fourth-order valence-electron chi connectivity index (χ4n) is 20.0. The molecule has 5 saturated carbocycles. The number of methoxy groups -OCH3 is 1. The Labute approximate surface area is 535 Å². The van der Waals surface area contributed by atoms with Crippen LogP contribution in [0.15, 0.2) is 125 Å². The molecule has 8 aliphatic heterocycles. The van der Waals surface area contributed by atoms with Crippen LogP contribution >= 0.6 is 21.6 Å². The Kier molecular flexibility index (Phi) is 19.1. The number of piperidine rings is 1. The molecule has 14 nitrogen and oxygen atoms in total. The monoisotopic (exact) mass is 1240 g/mol. The largest absolute Gasteiger partial charge is 0.504 e. The number of rotatable bonds is 11. The first-order valence-corrected chi connectivity index (χ1v) is 36.1. The Morgan fingerprint density at radius 1 is 0.910 bits per heavy atom. The lowest BCUT2D eigenvalue weighted by Gasteiger charge is -2.56. The normalized spacial score (nSPS) is 35.7. The molecule has 0 amide bonds. The number of ether oxygens (including phenoxy) is 1. The number of ketones is 2. The van der Waals surface area contributed by atoms with E-state index in [1.54, 1.807) is 33.7 Å². The number of phenolic OH excluding ortho intramolecular Hbond substituents is 1. The quantitative estimate of drug-likeness (QED) is 0.0490. The minimum Gasteiger partial charge on any atom is -0.504 e. The van der Waals surface area contributed by atoms with Gasteiger partial charge in [-0.25, -0.2) is 4.99 Å². The average Bonchev–Trinajstić information content (AvgIpc) is 1.52. The first-order chi connectivity index (χ1) is 43.3. The second-order valence-corrected chi connectivity index (χ2v) is 30.9. The molecule has 1 unspecified atom stereocenters. The predicted octanol–water partition coefficient (Wildman–Crippen LogP) is 9.39. The van der Waals surface area contributed by atoms with Crippen LogP contribution in [0.2, 0.25) is 0 Å². The first kappa shape index (κ1) is 62.6. The zero-order valence-corrected chi connectivity index (χ0v) is 53.9. The van der Waals surface area contributed by atoms with Gasteiger partial charge in [0.1, 0.15) is 5.78 Å². The number of Topliss-reactive ketones (excluding diaryl/α,β-unsaturated/α-hetero) is 1. The summed E-state index contributed by atoms with van der Waals surface area (Å²) in [6.45, 7) is 4.53. The molecule has 16 heteroatoms. The van der Waals surface area contributed by atoms with Gasteiger partial charge < -0.3 is 58.1 Å². The Bertz CT molecular complexity index is 3290. The maximum atomic E-state index is 14.8. The third-order valence-electron chi connectivity index (χ3n) is 23.4. The van der Waals surface area contributed by atoms with E-state index in [2.05, 4.69) is 99.4 Å². The molecule has 0 aromatic heterocycles. The number of carbonyl (C=O) groups excluding carboxylic acids is 2. The van der Waals surface area contributed by atoms with Crippen molar-refractivity contribution in [3.8, 4) is 11.5 Å². The van der Waals surface area contributed by atoms with Crippen LogP contribution in [0.25, 0.3) is 5.57 Å². The van der Waals surface area contributed by atoms with Gasteiger partial charge in [0.05, 0.1) is 44.3 Å². The molecule has 0 radical (unpaired) electrons. The molecular weight excluding hydrogens is 1150 g/mol. The van der Waals surface area contributed by atoms with Crippen molar-refractivity contribution >= 4 is 44.7 Å². The van der Waals surface area contributed by atoms with E-state index in [1.807, 2.05) is 13.1 Å². The highest BCUT2D eigenvalue weighted by atomic mass is 33.1. The number of hydrogen-bond donors (Lipinski definition) is 10. The van der Waals surface area contributed by atoms with Crippen LogP contribution in [0.1, 0.15) is 125 Å². The first-order valence-electron chi connectivity index (χ1n) is 33.6. The summed E-state index contributed by atoms with van der Waals surface area (Å²) in [4.78, 5) is 34.2. The molecular formula is C73H96N8O6S2. The van der Waals surface area contributed by atoms with Gasteiger partial charge >= 0.3 is 0 Å². The minimum atomic E-state index is -0.571. The number of aryl methyl sites for hydroxylation is 3. The summed E-state index contributed by atoms with van der Waals surface area (Å²) in [5.41, 5.74) is 24.0. The molecule has 16 atom stereocenters. The minimum absolute atomic E-state index is 0.0187. The van der Waals surface area contributed by atoms with Crippen LogP contribution in [0, 0.1) is 58.2 Å². The van der Waals surface area contributed by atoms with E-state index >= 15 is 0 Å². The Balaban J connectivity index is 0.838. The molecule has 13 aliphatic rings. The Morgan fingerprint density at radius 2 is 1.73 bits per heavy atom. The Morgan fingerprint density at radius 3 is 2.55 bits per heavy atom. The van der Waals surface area contributed by atoms with Gasteiger partial charge in [0.2, 0.25) is 0 Å². The zero-order chi connectivity index (χ0) is 61.4. The SMILES string of the molecule is COc1cc2c(cc1O)CC1=CNC(N)C(=C1CCc1cccc(CCc3ccccc3)c1)CSSCN=C(N)N[C@H]1CC3=C[C@@H]([C@H](C)O)N[C@@H]4C[C@@]5(C[C@@H]6[C@H]7CCNC[C@H]7C[C@@H]7C=CCN[C@@H]67)C[C@H](CC[C@H]5[C@]45CC[C@H](C1)[C@H]35)CC(=O)CC(=O)/C=C/2CO. The molecule has 3 aromatic carbocycles. The van der Waals surface area contributed by atoms with Gasteiger partial charge in [0, 0.05) is 43.0 Å². The lowest BCUT2D eigenvalue weighted by Crippen LogP contribution is -2.57. The van der Waals surface area contributed by atoms with Crippen molar-refractivity contribution in [3.05, 3.63) is 147 Å². The van der Waals surface area contributed by atoms with Crippen LogP contribution in [0.3, 0.4) is 0 Å². The number of aliphatic imine (C=N–C) groups is 1. The maximum Gasteiger partial charge on any atom is 0.189 e. The van der Waals surface area contributed by atoms with Gasteiger partial charge in [-0.15, -0.1) is 0 Å². The number of hydrogen-bond acceptors (Lipinski definition) is 16. The smallest absolute Gasteiger partial charge is 0.189 e. The number of nitrogens with zero attached hydrogens (tertiary/aromatic N) is 1. The number of allylic oxidation sites excluding steroid dienone is 3. The van der Waals surface area contributed by atoms with Crippen LogP contribution in [0.5, 0.6) is 11.5 Å². The van der Waals surface area contributed by atoms with E-state index in [0.717, 1.165) is 113 Å². The lowest BCUT2D eigenvalue weighted by molar-refractivity contribution is -0.126. The standard InChI is InChI=1S/C73H96N8O6S2/c1-43(83)63-31-51-29-55-28-48-19-21-73(68(48)51)66-18-16-47(35-72(66,37-67(73)81-63)36-61-59-20-23-76-38-52(59)26-49-12-7-22-77-69(49)61)25-56(84)33-57(85)30-54(40-82)60-34-65(87-2)64(86)32-50(60)27-53-39-78-70(74)62(41-88-89-42-79-71(75)80-55)58(53)17-15-46-11-6-10-45(24-46)14-13-44-8-4-3-5-9-44/h3-12,24,30-32,34,39,43,47-49,52,55,59,61,63,66-70,76-78,81-83,86H,13-23,25-29,33,35-38,40-42,74H2,1-2H3,(H3,75,79,80)/b54-30+/t43-,47+,48+,49-,52+,55+,59-,61+,63-,66+,67+,68+,69+,70?,72-,73+/m0/s1. The molecule has 3 aromatic rings. The number of aliphatic hydroxyl groups is 2. The summed E-state index contributed by atoms with van der Waals surface area (Å²) in [7, 11) is 4.85. The predicted molar refractivity (Wildman–Crippen MR) is 359 cm³/mol. The number of benzene rings is 3. The summed E-state index contributed by atoms with van der Waals surface area (Å²) in [6, 6.07) is 23.4. The van der Waals surface area contributed by atoms with Crippen LogP contribution in [-0.2, 0) is 35.3 Å². The number of aliphatic hydroxyl groups excluding tert-OH is 2. The van der Waals surface area contributed by atoms with Gasteiger partial charge in [-0.2, -0.15) is 0 Å². The van der Waals surface area contributed by atoms with Crippen LogP contribution in [-0.4, -0.2) is 114 Å². The highest BCUT2D eigenvalue weighted by Crippen LogP contribution is 2.74. The van der Waals surface area contributed by atoms with Gasteiger partial charge in [-0.05, 0) is 249 Å². The van der Waals surface area contributed by atoms with Crippen molar-refractivity contribution in [2.24, 2.45) is 74.6 Å². The van der Waals surface area contributed by atoms with Crippen molar-refractivity contribution in [1.29, 1.82) is 0 Å². The summed E-state index contributed by atoms with van der Waals surface area (Å²) in [5.74, 6) is 5.05. The molecule has 12 N–H and O–H groups in total. The van der Waals surface area contributed by atoms with E-state index in [4.69, 9.17) is 21.2 Å².